The second-order valence-electron chi connectivity index (χ2n) is 2.58. The molecule has 0 nitrogen and oxygen atoms in total. The van der Waals surface area contributed by atoms with E-state index >= 15 is 0 Å². The fourth-order valence-electron chi connectivity index (χ4n) is 0.612. The number of halogens is 2. The highest BCUT2D eigenvalue weighted by molar-refractivity contribution is 6.42. The number of hydrogen-bond donors (Lipinski definition) is 0. The van der Waals surface area contributed by atoms with Crippen LogP contribution in [-0.2, 0) is 0 Å². The van der Waals surface area contributed by atoms with Crippen molar-refractivity contribution in [2.24, 2.45) is 0 Å². The first-order valence-electron chi connectivity index (χ1n) is 4.04. The van der Waals surface area contributed by atoms with Crippen LogP contribution >= 0.6 is 23.2 Å². The summed E-state index contributed by atoms with van der Waals surface area (Å²) >= 11 is 11.4. The summed E-state index contributed by atoms with van der Waals surface area (Å²) < 4.78 is 0. The topological polar surface area (TPSA) is 0 Å². The minimum absolute atomic E-state index is 0.622. The highest BCUT2D eigenvalue weighted by Crippen LogP contribution is 2.24. The van der Waals surface area contributed by atoms with Crippen LogP contribution in [0.2, 0.25) is 10.0 Å². The Kier molecular flexibility index (Phi) is 6.23. The predicted octanol–water partition coefficient (Wildman–Crippen LogP) is 4.72. The van der Waals surface area contributed by atoms with E-state index in [9.17, 15) is 0 Å². The Morgan fingerprint density at radius 2 is 1.67 bits per heavy atom. The molecule has 0 aliphatic heterocycles. The van der Waals surface area contributed by atoms with Gasteiger partial charge in [0.15, 0.2) is 0 Å². The SMILES string of the molecule is CCC.Cc1cccc(Cl)c1Cl. The zero-order valence-corrected chi connectivity index (χ0v) is 9.21. The molecule has 1 aromatic carbocycles. The first-order chi connectivity index (χ1) is 5.63. The van der Waals surface area contributed by atoms with E-state index in [1.54, 1.807) is 6.07 Å². The Hall–Kier alpha value is -0.200. The van der Waals surface area contributed by atoms with Crippen molar-refractivity contribution >= 4 is 23.2 Å². The minimum Gasteiger partial charge on any atom is -0.0827 e. The van der Waals surface area contributed by atoms with Crippen LogP contribution in [0.1, 0.15) is 25.8 Å². The Balaban J connectivity index is 0.000000354. The molecule has 2 heteroatoms. The summed E-state index contributed by atoms with van der Waals surface area (Å²) in [5, 5.41) is 1.27. The minimum atomic E-state index is 0.622. The molecule has 0 amide bonds. The molecule has 1 aromatic rings. The third-order valence-electron chi connectivity index (χ3n) is 1.14. The van der Waals surface area contributed by atoms with E-state index < -0.39 is 0 Å². The third kappa shape index (κ3) is 3.99. The van der Waals surface area contributed by atoms with E-state index in [1.807, 2.05) is 19.1 Å². The average molecular weight is 205 g/mol. The van der Waals surface area contributed by atoms with Crippen molar-refractivity contribution in [3.8, 4) is 0 Å². The van der Waals surface area contributed by atoms with Crippen molar-refractivity contribution in [1.82, 2.24) is 0 Å². The Morgan fingerprint density at radius 1 is 1.17 bits per heavy atom. The molecule has 0 bridgehead atoms. The van der Waals surface area contributed by atoms with Gasteiger partial charge in [-0.1, -0.05) is 55.6 Å². The quantitative estimate of drug-likeness (QED) is 0.574. The molecule has 0 N–H and O–H groups in total. The van der Waals surface area contributed by atoms with Gasteiger partial charge in [0.25, 0.3) is 0 Å². The van der Waals surface area contributed by atoms with Gasteiger partial charge in [0.05, 0.1) is 10.0 Å². The van der Waals surface area contributed by atoms with Crippen LogP contribution in [0.15, 0.2) is 18.2 Å². The Bertz CT molecular complexity index is 211. The second kappa shape index (κ2) is 6.33. The summed E-state index contributed by atoms with van der Waals surface area (Å²) in [6.07, 6.45) is 1.25. The predicted molar refractivity (Wildman–Crippen MR) is 57.2 cm³/mol. The number of rotatable bonds is 0. The van der Waals surface area contributed by atoms with Gasteiger partial charge < -0.3 is 0 Å². The van der Waals surface area contributed by atoms with Crippen LogP contribution in [0, 0.1) is 6.92 Å². The fraction of sp³-hybridized carbons (Fsp3) is 0.400. The molecule has 12 heavy (non-hydrogen) atoms. The summed E-state index contributed by atoms with van der Waals surface area (Å²) in [5.74, 6) is 0. The Labute approximate surface area is 84.5 Å². The largest absolute Gasteiger partial charge is 0.0827 e. The first kappa shape index (κ1) is 11.8. The molecular weight excluding hydrogens is 191 g/mol. The average Bonchev–Trinajstić information content (AvgIpc) is 2.02. The van der Waals surface area contributed by atoms with E-state index in [0.29, 0.717) is 10.0 Å². The van der Waals surface area contributed by atoms with Gasteiger partial charge in [-0.2, -0.15) is 0 Å². The van der Waals surface area contributed by atoms with Crippen LogP contribution < -0.4 is 0 Å². The zero-order chi connectivity index (χ0) is 9.56. The molecule has 0 saturated heterocycles. The molecule has 0 radical (unpaired) electrons. The van der Waals surface area contributed by atoms with Gasteiger partial charge in [-0.05, 0) is 18.6 Å². The lowest BCUT2D eigenvalue weighted by Gasteiger charge is -1.96. The lowest BCUT2D eigenvalue weighted by Crippen LogP contribution is -1.73. The molecule has 68 valence electrons. The van der Waals surface area contributed by atoms with E-state index in [-0.39, 0.29) is 0 Å². The number of aryl methyl sites for hydroxylation is 1. The molecule has 0 heterocycles. The maximum absolute atomic E-state index is 5.75. The van der Waals surface area contributed by atoms with E-state index in [0.717, 1.165) is 5.56 Å². The molecule has 0 aliphatic rings. The van der Waals surface area contributed by atoms with Crippen LogP contribution in [0.5, 0.6) is 0 Å². The monoisotopic (exact) mass is 204 g/mol. The van der Waals surface area contributed by atoms with Gasteiger partial charge in [0.1, 0.15) is 0 Å². The van der Waals surface area contributed by atoms with Gasteiger partial charge in [-0.25, -0.2) is 0 Å². The third-order valence-corrected chi connectivity index (χ3v) is 2.06. The second-order valence-corrected chi connectivity index (χ2v) is 3.36. The highest BCUT2D eigenvalue weighted by atomic mass is 35.5. The van der Waals surface area contributed by atoms with Crippen molar-refractivity contribution in [3.05, 3.63) is 33.8 Å². The van der Waals surface area contributed by atoms with E-state index in [2.05, 4.69) is 13.8 Å². The van der Waals surface area contributed by atoms with Gasteiger partial charge in [-0.3, -0.25) is 0 Å². The summed E-state index contributed by atoms with van der Waals surface area (Å²) in [6.45, 7) is 6.17. The lowest BCUT2D eigenvalue weighted by molar-refractivity contribution is 1.09. The molecule has 0 saturated carbocycles. The standard InChI is InChI=1S/C7H6Cl2.C3H8/c1-5-3-2-4-6(8)7(5)9;1-3-2/h2-4H,1H3;3H2,1-2H3. The summed E-state index contributed by atoms with van der Waals surface area (Å²) in [7, 11) is 0. The van der Waals surface area contributed by atoms with Gasteiger partial charge in [0.2, 0.25) is 0 Å². The lowest BCUT2D eigenvalue weighted by atomic mass is 10.2. The van der Waals surface area contributed by atoms with Crippen LogP contribution in [0.3, 0.4) is 0 Å². The molecule has 0 aliphatic carbocycles. The normalized spacial score (nSPS) is 8.75. The summed E-state index contributed by atoms with van der Waals surface area (Å²) in [4.78, 5) is 0. The van der Waals surface area contributed by atoms with E-state index in [1.165, 1.54) is 6.42 Å². The van der Waals surface area contributed by atoms with Gasteiger partial charge >= 0.3 is 0 Å². The Morgan fingerprint density at radius 3 is 2.00 bits per heavy atom. The van der Waals surface area contributed by atoms with Crippen LogP contribution in [-0.4, -0.2) is 0 Å². The highest BCUT2D eigenvalue weighted by Gasteiger charge is 1.96. The molecule has 1 rings (SSSR count). The van der Waals surface area contributed by atoms with Gasteiger partial charge in [0, 0.05) is 0 Å². The van der Waals surface area contributed by atoms with Gasteiger partial charge in [-0.15, -0.1) is 0 Å². The number of hydrogen-bond acceptors (Lipinski definition) is 0. The zero-order valence-electron chi connectivity index (χ0n) is 7.70. The summed E-state index contributed by atoms with van der Waals surface area (Å²) in [5.41, 5.74) is 1.02. The van der Waals surface area contributed by atoms with Crippen molar-refractivity contribution < 1.29 is 0 Å². The van der Waals surface area contributed by atoms with Crippen LogP contribution in [0.25, 0.3) is 0 Å². The molecular formula is C10H14Cl2. The molecule has 0 unspecified atom stereocenters. The van der Waals surface area contributed by atoms with Crippen molar-refractivity contribution in [2.45, 2.75) is 27.2 Å². The maximum atomic E-state index is 5.75. The molecule has 0 aromatic heterocycles. The molecule has 0 atom stereocenters. The van der Waals surface area contributed by atoms with Crippen LogP contribution in [0.4, 0.5) is 0 Å². The fourth-order valence-corrected chi connectivity index (χ4v) is 0.959. The summed E-state index contributed by atoms with van der Waals surface area (Å²) in [6, 6.07) is 5.58. The van der Waals surface area contributed by atoms with Crippen molar-refractivity contribution in [1.29, 1.82) is 0 Å². The number of benzene rings is 1. The smallest absolute Gasteiger partial charge is 0.0621 e. The van der Waals surface area contributed by atoms with E-state index in [4.69, 9.17) is 23.2 Å². The molecule has 0 spiro atoms. The van der Waals surface area contributed by atoms with Crippen molar-refractivity contribution in [3.63, 3.8) is 0 Å². The first-order valence-corrected chi connectivity index (χ1v) is 4.79. The maximum Gasteiger partial charge on any atom is 0.0621 e. The van der Waals surface area contributed by atoms with Crippen molar-refractivity contribution in [2.75, 3.05) is 0 Å². The molecule has 0 fully saturated rings.